The molecule has 9 heteroatoms. The van der Waals surface area contributed by atoms with E-state index in [-0.39, 0.29) is 17.6 Å². The third-order valence-corrected chi connectivity index (χ3v) is 3.54. The molecule has 3 rings (SSSR count). The molecule has 0 fully saturated rings. The van der Waals surface area contributed by atoms with Gasteiger partial charge in [-0.2, -0.15) is 13.2 Å². The summed E-state index contributed by atoms with van der Waals surface area (Å²) in [6.45, 7) is 5.67. The summed E-state index contributed by atoms with van der Waals surface area (Å²) >= 11 is 0. The van der Waals surface area contributed by atoms with Crippen LogP contribution in [0.25, 0.3) is 10.9 Å². The van der Waals surface area contributed by atoms with Crippen molar-refractivity contribution in [2.24, 2.45) is 0 Å². The number of alkyl halides is 3. The molecule has 0 atom stereocenters. The van der Waals surface area contributed by atoms with Crippen molar-refractivity contribution in [3.63, 3.8) is 0 Å². The maximum absolute atomic E-state index is 12.9. The van der Waals surface area contributed by atoms with Gasteiger partial charge in [0.25, 0.3) is 0 Å². The van der Waals surface area contributed by atoms with Gasteiger partial charge in [-0.15, -0.1) is 0 Å². The molecular weight excluding hydrogens is 347 g/mol. The molecule has 2 heterocycles. The lowest BCUT2D eigenvalue weighted by molar-refractivity contribution is -0.141. The normalized spacial score (nSPS) is 11.6. The zero-order valence-corrected chi connectivity index (χ0v) is 14.3. The molecule has 136 valence electrons. The van der Waals surface area contributed by atoms with Crippen molar-refractivity contribution < 1.29 is 17.9 Å². The van der Waals surface area contributed by atoms with E-state index in [0.717, 1.165) is 11.5 Å². The van der Waals surface area contributed by atoms with Gasteiger partial charge in [0.2, 0.25) is 11.9 Å². The van der Waals surface area contributed by atoms with Crippen LogP contribution in [0.4, 0.5) is 25.1 Å². The monoisotopic (exact) mass is 363 g/mol. The molecule has 0 bridgehead atoms. The first-order chi connectivity index (χ1) is 12.3. The Balaban J connectivity index is 1.97. The van der Waals surface area contributed by atoms with Crippen molar-refractivity contribution in [3.05, 3.63) is 41.3 Å². The molecule has 0 radical (unpaired) electrons. The summed E-state index contributed by atoms with van der Waals surface area (Å²) in [5.74, 6) is 0.615. The quantitative estimate of drug-likeness (QED) is 0.749. The highest BCUT2D eigenvalue weighted by Gasteiger charge is 2.33. The fraction of sp³-hybridized carbons (Fsp3) is 0.294. The standard InChI is InChI=1S/C17H16F3N5O/c1-4-26-11-5-6-13-12(8-11)10(3)22-16(23-13)25-15-21-9(2)7-14(24-15)17(18,19)20/h5-8H,4H2,1-3H3,(H,21,22,23,24,25). The van der Waals surface area contributed by atoms with Gasteiger partial charge in [0.15, 0.2) is 0 Å². The topological polar surface area (TPSA) is 72.8 Å². The summed E-state index contributed by atoms with van der Waals surface area (Å²) in [5, 5.41) is 3.45. The van der Waals surface area contributed by atoms with Crippen molar-refractivity contribution in [2.45, 2.75) is 26.9 Å². The Bertz CT molecular complexity index is 959. The Hall–Kier alpha value is -2.97. The molecule has 6 nitrogen and oxygen atoms in total. The Labute approximate surface area is 147 Å². The highest BCUT2D eigenvalue weighted by Crippen LogP contribution is 2.29. The van der Waals surface area contributed by atoms with Crippen LogP contribution in [0.3, 0.4) is 0 Å². The highest BCUT2D eigenvalue weighted by molar-refractivity contribution is 5.83. The van der Waals surface area contributed by atoms with E-state index in [1.54, 1.807) is 19.1 Å². The maximum atomic E-state index is 12.9. The number of benzene rings is 1. The molecule has 1 N–H and O–H groups in total. The smallest absolute Gasteiger partial charge is 0.433 e. The van der Waals surface area contributed by atoms with Gasteiger partial charge >= 0.3 is 6.18 Å². The van der Waals surface area contributed by atoms with E-state index in [2.05, 4.69) is 25.3 Å². The summed E-state index contributed by atoms with van der Waals surface area (Å²) < 4.78 is 44.2. The molecule has 0 aliphatic rings. The average Bonchev–Trinajstić information content (AvgIpc) is 2.54. The number of aryl methyl sites for hydroxylation is 2. The summed E-state index contributed by atoms with van der Waals surface area (Å²) in [6, 6.07) is 6.24. The molecule has 0 aliphatic heterocycles. The van der Waals surface area contributed by atoms with Crippen molar-refractivity contribution in [1.29, 1.82) is 0 Å². The maximum Gasteiger partial charge on any atom is 0.433 e. The first-order valence-electron chi connectivity index (χ1n) is 7.87. The van der Waals surface area contributed by atoms with E-state index in [9.17, 15) is 13.2 Å². The molecular formula is C17H16F3N5O. The minimum Gasteiger partial charge on any atom is -0.494 e. The average molecular weight is 363 g/mol. The zero-order valence-electron chi connectivity index (χ0n) is 14.3. The van der Waals surface area contributed by atoms with Gasteiger partial charge in [-0.1, -0.05) is 0 Å². The number of hydrogen-bond acceptors (Lipinski definition) is 6. The van der Waals surface area contributed by atoms with Crippen molar-refractivity contribution >= 4 is 22.8 Å². The van der Waals surface area contributed by atoms with Gasteiger partial charge in [-0.3, -0.25) is 5.32 Å². The number of anilines is 2. The molecule has 0 unspecified atom stereocenters. The Morgan fingerprint density at radius 1 is 1.00 bits per heavy atom. The predicted octanol–water partition coefficient (Wildman–Crippen LogP) is 4.20. The third kappa shape index (κ3) is 3.81. The largest absolute Gasteiger partial charge is 0.494 e. The number of halogens is 3. The lowest BCUT2D eigenvalue weighted by atomic mass is 10.2. The van der Waals surface area contributed by atoms with Crippen LogP contribution >= 0.6 is 0 Å². The number of nitrogens with zero attached hydrogens (tertiary/aromatic N) is 4. The van der Waals surface area contributed by atoms with Crippen molar-refractivity contribution in [1.82, 2.24) is 19.9 Å². The second-order valence-corrected chi connectivity index (χ2v) is 5.59. The fourth-order valence-electron chi connectivity index (χ4n) is 2.44. The van der Waals surface area contributed by atoms with Crippen LogP contribution in [0.2, 0.25) is 0 Å². The minimum atomic E-state index is -4.56. The molecule has 0 amide bonds. The van der Waals surface area contributed by atoms with Gasteiger partial charge in [0.1, 0.15) is 11.4 Å². The van der Waals surface area contributed by atoms with E-state index in [4.69, 9.17) is 4.74 Å². The van der Waals surface area contributed by atoms with Crippen LogP contribution in [0.5, 0.6) is 5.75 Å². The van der Waals surface area contributed by atoms with Crippen molar-refractivity contribution in [3.8, 4) is 5.75 Å². The number of ether oxygens (including phenoxy) is 1. The summed E-state index contributed by atoms with van der Waals surface area (Å²) in [6.07, 6.45) is -4.56. The second-order valence-electron chi connectivity index (χ2n) is 5.59. The number of fused-ring (bicyclic) bond motifs is 1. The summed E-state index contributed by atoms with van der Waals surface area (Å²) in [5.41, 5.74) is 0.454. The second kappa shape index (κ2) is 6.74. The molecule has 0 spiro atoms. The first-order valence-corrected chi connectivity index (χ1v) is 7.87. The molecule has 0 saturated heterocycles. The van der Waals surface area contributed by atoms with E-state index in [0.29, 0.717) is 23.6 Å². The van der Waals surface area contributed by atoms with Crippen LogP contribution in [0, 0.1) is 13.8 Å². The van der Waals surface area contributed by atoms with Crippen LogP contribution < -0.4 is 10.1 Å². The van der Waals surface area contributed by atoms with Crippen LogP contribution in [-0.2, 0) is 6.18 Å². The SMILES string of the molecule is CCOc1ccc2nc(Nc3nc(C)cc(C(F)(F)F)n3)nc(C)c2c1. The molecule has 3 aromatic rings. The van der Waals surface area contributed by atoms with Gasteiger partial charge in [0.05, 0.1) is 17.8 Å². The van der Waals surface area contributed by atoms with Gasteiger partial charge in [0, 0.05) is 11.1 Å². The summed E-state index contributed by atoms with van der Waals surface area (Å²) in [4.78, 5) is 16.1. The van der Waals surface area contributed by atoms with Crippen molar-refractivity contribution in [2.75, 3.05) is 11.9 Å². The van der Waals surface area contributed by atoms with E-state index < -0.39 is 11.9 Å². The fourth-order valence-corrected chi connectivity index (χ4v) is 2.44. The number of nitrogens with one attached hydrogen (secondary N) is 1. The van der Waals surface area contributed by atoms with Crippen LogP contribution in [0.15, 0.2) is 24.3 Å². The number of aromatic nitrogens is 4. The Morgan fingerprint density at radius 3 is 2.42 bits per heavy atom. The minimum absolute atomic E-state index is 0.123. The third-order valence-electron chi connectivity index (χ3n) is 3.54. The van der Waals surface area contributed by atoms with E-state index in [1.165, 1.54) is 6.92 Å². The van der Waals surface area contributed by atoms with Crippen LogP contribution in [-0.4, -0.2) is 26.5 Å². The Kier molecular flexibility index (Phi) is 4.62. The van der Waals surface area contributed by atoms with E-state index in [1.807, 2.05) is 13.0 Å². The summed E-state index contributed by atoms with van der Waals surface area (Å²) in [7, 11) is 0. The zero-order chi connectivity index (χ0) is 18.9. The molecule has 0 aliphatic carbocycles. The number of rotatable bonds is 4. The Morgan fingerprint density at radius 2 is 1.73 bits per heavy atom. The molecule has 26 heavy (non-hydrogen) atoms. The first kappa shape index (κ1) is 17.8. The number of hydrogen-bond donors (Lipinski definition) is 1. The van der Waals surface area contributed by atoms with Gasteiger partial charge in [-0.25, -0.2) is 19.9 Å². The lowest BCUT2D eigenvalue weighted by Gasteiger charge is -2.11. The molecule has 2 aromatic heterocycles. The highest BCUT2D eigenvalue weighted by atomic mass is 19.4. The van der Waals surface area contributed by atoms with Gasteiger partial charge in [-0.05, 0) is 45.0 Å². The van der Waals surface area contributed by atoms with E-state index >= 15 is 0 Å². The lowest BCUT2D eigenvalue weighted by Crippen LogP contribution is -2.12. The molecule has 0 saturated carbocycles. The predicted molar refractivity (Wildman–Crippen MR) is 90.5 cm³/mol. The van der Waals surface area contributed by atoms with Gasteiger partial charge < -0.3 is 4.74 Å². The van der Waals surface area contributed by atoms with Crippen LogP contribution in [0.1, 0.15) is 24.0 Å². The molecule has 1 aromatic carbocycles.